The predicted molar refractivity (Wildman–Crippen MR) is 68.6 cm³/mol. The second-order valence-corrected chi connectivity index (χ2v) is 5.29. The third-order valence-electron chi connectivity index (χ3n) is 2.03. The lowest BCUT2D eigenvalue weighted by atomic mass is 10.1. The van der Waals surface area contributed by atoms with Crippen LogP contribution in [0.3, 0.4) is 0 Å². The van der Waals surface area contributed by atoms with Crippen LogP contribution in [0.2, 0.25) is 9.36 Å². The molecule has 1 aromatic heterocycles. The molecular formula is C11H7Cl2NOS. The van der Waals surface area contributed by atoms with E-state index in [-0.39, 0.29) is 5.78 Å². The summed E-state index contributed by atoms with van der Waals surface area (Å²) in [6, 6.07) is 8.19. The highest BCUT2D eigenvalue weighted by Gasteiger charge is 2.14. The summed E-state index contributed by atoms with van der Waals surface area (Å²) in [5.41, 5.74) is 6.53. The number of carbonyl (C=O) groups excluding carboxylic acids is 1. The van der Waals surface area contributed by atoms with Crippen LogP contribution in [-0.4, -0.2) is 5.78 Å². The molecule has 2 rings (SSSR count). The Kier molecular flexibility index (Phi) is 3.19. The lowest BCUT2D eigenvalue weighted by Gasteiger charge is -2.02. The zero-order valence-electron chi connectivity index (χ0n) is 8.04. The molecule has 0 aliphatic rings. The Morgan fingerprint density at radius 1 is 1.19 bits per heavy atom. The van der Waals surface area contributed by atoms with Crippen molar-refractivity contribution < 1.29 is 4.79 Å². The maximum Gasteiger partial charge on any atom is 0.204 e. The number of ketones is 1. The molecule has 2 nitrogen and oxygen atoms in total. The average molecular weight is 272 g/mol. The maximum atomic E-state index is 12.0. The summed E-state index contributed by atoms with van der Waals surface area (Å²) in [5, 5.41) is 0.356. The minimum Gasteiger partial charge on any atom is -0.399 e. The van der Waals surface area contributed by atoms with Crippen molar-refractivity contribution in [1.29, 1.82) is 0 Å². The molecule has 1 aromatic carbocycles. The number of benzene rings is 1. The summed E-state index contributed by atoms with van der Waals surface area (Å²) in [6.45, 7) is 0. The van der Waals surface area contributed by atoms with Gasteiger partial charge in [-0.15, -0.1) is 11.3 Å². The minimum absolute atomic E-state index is 0.137. The fraction of sp³-hybridized carbons (Fsp3) is 0. The number of hydrogen-bond acceptors (Lipinski definition) is 3. The molecule has 0 spiro atoms. The van der Waals surface area contributed by atoms with Gasteiger partial charge in [-0.3, -0.25) is 4.79 Å². The van der Waals surface area contributed by atoms with Gasteiger partial charge in [-0.2, -0.15) is 0 Å². The van der Waals surface area contributed by atoms with Crippen LogP contribution in [0, 0.1) is 0 Å². The van der Waals surface area contributed by atoms with Crippen molar-refractivity contribution >= 4 is 46.0 Å². The molecular weight excluding hydrogens is 265 g/mol. The van der Waals surface area contributed by atoms with Gasteiger partial charge in [-0.25, -0.2) is 0 Å². The van der Waals surface area contributed by atoms with E-state index < -0.39 is 0 Å². The van der Waals surface area contributed by atoms with Crippen LogP contribution in [0.25, 0.3) is 0 Å². The first-order valence-corrected chi connectivity index (χ1v) is 6.00. The highest BCUT2D eigenvalue weighted by atomic mass is 35.5. The van der Waals surface area contributed by atoms with E-state index in [4.69, 9.17) is 28.9 Å². The molecule has 0 radical (unpaired) electrons. The van der Waals surface area contributed by atoms with Gasteiger partial charge in [0.25, 0.3) is 0 Å². The van der Waals surface area contributed by atoms with Crippen LogP contribution >= 0.6 is 34.5 Å². The SMILES string of the molecule is Nc1ccc(C(=O)c2ccc(Cl)s2)c(Cl)c1. The third kappa shape index (κ3) is 2.21. The quantitative estimate of drug-likeness (QED) is 0.666. The number of nitrogens with two attached hydrogens (primary N) is 1. The van der Waals surface area contributed by atoms with E-state index in [1.807, 2.05) is 0 Å². The zero-order chi connectivity index (χ0) is 11.7. The number of hydrogen-bond donors (Lipinski definition) is 1. The molecule has 2 aromatic rings. The Labute approximate surface area is 107 Å². The number of rotatable bonds is 2. The monoisotopic (exact) mass is 271 g/mol. The van der Waals surface area contributed by atoms with Gasteiger partial charge in [0.1, 0.15) is 0 Å². The second-order valence-electron chi connectivity index (χ2n) is 3.17. The summed E-state index contributed by atoms with van der Waals surface area (Å²) in [4.78, 5) is 12.6. The maximum absolute atomic E-state index is 12.0. The van der Waals surface area contributed by atoms with E-state index >= 15 is 0 Å². The molecule has 0 bridgehead atoms. The average Bonchev–Trinajstić information content (AvgIpc) is 2.64. The van der Waals surface area contributed by atoms with Gasteiger partial charge in [-0.05, 0) is 30.3 Å². The molecule has 0 aliphatic carbocycles. The normalized spacial score (nSPS) is 10.4. The van der Waals surface area contributed by atoms with Crippen molar-refractivity contribution in [2.45, 2.75) is 0 Å². The number of anilines is 1. The Bertz CT molecular complexity index is 551. The first kappa shape index (κ1) is 11.5. The lowest BCUT2D eigenvalue weighted by molar-refractivity contribution is 0.104. The van der Waals surface area contributed by atoms with Crippen LogP contribution in [0.1, 0.15) is 15.2 Å². The van der Waals surface area contributed by atoms with Crippen molar-refractivity contribution in [2.75, 3.05) is 5.73 Å². The van der Waals surface area contributed by atoms with Crippen molar-refractivity contribution in [3.05, 3.63) is 50.1 Å². The van der Waals surface area contributed by atoms with Crippen molar-refractivity contribution in [3.63, 3.8) is 0 Å². The highest BCUT2D eigenvalue weighted by molar-refractivity contribution is 7.18. The van der Waals surface area contributed by atoms with Crippen molar-refractivity contribution in [3.8, 4) is 0 Å². The van der Waals surface area contributed by atoms with Crippen LogP contribution < -0.4 is 5.73 Å². The molecule has 0 atom stereocenters. The van der Waals surface area contributed by atoms with E-state index in [0.29, 0.717) is 25.5 Å². The summed E-state index contributed by atoms with van der Waals surface area (Å²) < 4.78 is 0.579. The summed E-state index contributed by atoms with van der Waals surface area (Å²) in [6.07, 6.45) is 0. The van der Waals surface area contributed by atoms with Crippen molar-refractivity contribution in [2.24, 2.45) is 0 Å². The number of thiophene rings is 1. The van der Waals surface area contributed by atoms with Crippen molar-refractivity contribution in [1.82, 2.24) is 0 Å². The van der Waals surface area contributed by atoms with Gasteiger partial charge < -0.3 is 5.73 Å². The molecule has 0 fully saturated rings. The molecule has 0 aliphatic heterocycles. The van der Waals surface area contributed by atoms with Crippen LogP contribution in [0.15, 0.2) is 30.3 Å². The van der Waals surface area contributed by atoms with E-state index in [9.17, 15) is 4.79 Å². The van der Waals surface area contributed by atoms with Gasteiger partial charge in [0.05, 0.1) is 14.2 Å². The van der Waals surface area contributed by atoms with Crippen LogP contribution in [-0.2, 0) is 0 Å². The number of nitrogen functional groups attached to an aromatic ring is 1. The number of carbonyl (C=O) groups is 1. The van der Waals surface area contributed by atoms with Gasteiger partial charge in [0, 0.05) is 11.3 Å². The predicted octanol–water partition coefficient (Wildman–Crippen LogP) is 3.87. The highest BCUT2D eigenvalue weighted by Crippen LogP contribution is 2.27. The van der Waals surface area contributed by atoms with Gasteiger partial charge in [-0.1, -0.05) is 23.2 Å². The Morgan fingerprint density at radius 2 is 1.94 bits per heavy atom. The molecule has 2 N–H and O–H groups in total. The lowest BCUT2D eigenvalue weighted by Crippen LogP contribution is -2.00. The van der Waals surface area contributed by atoms with E-state index in [1.54, 1.807) is 30.3 Å². The largest absolute Gasteiger partial charge is 0.399 e. The first-order chi connectivity index (χ1) is 7.58. The first-order valence-electron chi connectivity index (χ1n) is 4.43. The smallest absolute Gasteiger partial charge is 0.204 e. The Balaban J connectivity index is 2.41. The Hall–Kier alpha value is -1.03. The van der Waals surface area contributed by atoms with E-state index in [2.05, 4.69) is 0 Å². The van der Waals surface area contributed by atoms with E-state index in [0.717, 1.165) is 0 Å². The summed E-state index contributed by atoms with van der Waals surface area (Å²) in [5.74, 6) is -0.137. The summed E-state index contributed by atoms with van der Waals surface area (Å²) in [7, 11) is 0. The molecule has 1 heterocycles. The molecule has 0 unspecified atom stereocenters. The van der Waals surface area contributed by atoms with Gasteiger partial charge in [0.15, 0.2) is 0 Å². The fourth-order valence-electron chi connectivity index (χ4n) is 1.28. The van der Waals surface area contributed by atoms with Gasteiger partial charge in [0.2, 0.25) is 5.78 Å². The Morgan fingerprint density at radius 3 is 2.50 bits per heavy atom. The third-order valence-corrected chi connectivity index (χ3v) is 3.58. The molecule has 0 saturated carbocycles. The van der Waals surface area contributed by atoms with Crippen LogP contribution in [0.4, 0.5) is 5.69 Å². The zero-order valence-corrected chi connectivity index (χ0v) is 10.4. The molecule has 5 heteroatoms. The topological polar surface area (TPSA) is 43.1 Å². The molecule has 82 valence electrons. The second kappa shape index (κ2) is 4.45. The summed E-state index contributed by atoms with van der Waals surface area (Å²) >= 11 is 13.0. The van der Waals surface area contributed by atoms with Gasteiger partial charge >= 0.3 is 0 Å². The number of halogens is 2. The standard InChI is InChI=1S/C11H7Cl2NOS/c12-8-5-6(14)1-2-7(8)11(15)9-3-4-10(13)16-9/h1-5H,14H2. The molecule has 0 amide bonds. The van der Waals surface area contributed by atoms with Crippen LogP contribution in [0.5, 0.6) is 0 Å². The molecule has 16 heavy (non-hydrogen) atoms. The van der Waals surface area contributed by atoms with E-state index in [1.165, 1.54) is 11.3 Å². The fourth-order valence-corrected chi connectivity index (χ4v) is 2.56. The molecule has 0 saturated heterocycles. The minimum atomic E-state index is -0.137.